The zero-order chi connectivity index (χ0) is 31.3. The molecule has 242 valence electrons. The molecule has 1 unspecified atom stereocenters. The van der Waals surface area contributed by atoms with Crippen LogP contribution in [0.1, 0.15) is 120 Å². The number of Topliss-reactive ketones (excluding diaryl/α,β-unsaturated/α-hetero) is 1. The van der Waals surface area contributed by atoms with Crippen molar-refractivity contribution in [1.29, 1.82) is 0 Å². The number of ether oxygens (including phenoxy) is 2. The van der Waals surface area contributed by atoms with Gasteiger partial charge in [0, 0.05) is 18.4 Å². The molecular weight excluding hydrogens is 606 g/mol. The summed E-state index contributed by atoms with van der Waals surface area (Å²) in [7, 11) is -3.19. The molecule has 2 N–H and O–H groups in total. The number of hydrogen-bond acceptors (Lipinski definition) is 6. The quantitative estimate of drug-likeness (QED) is 0.0389. The molecule has 0 radical (unpaired) electrons. The van der Waals surface area contributed by atoms with Crippen LogP contribution in [0.5, 0.6) is 5.75 Å². The zero-order valence-electron chi connectivity index (χ0n) is 26.0. The van der Waals surface area contributed by atoms with E-state index in [1.807, 2.05) is 0 Å². The van der Waals surface area contributed by atoms with Gasteiger partial charge in [0.15, 0.2) is 6.10 Å². The fraction of sp³-hybridized carbons (Fsp3) is 0.588. The van der Waals surface area contributed by atoms with Gasteiger partial charge in [-0.1, -0.05) is 109 Å². The van der Waals surface area contributed by atoms with Gasteiger partial charge < -0.3 is 14.8 Å². The molecule has 0 saturated heterocycles. The predicted octanol–water partition coefficient (Wildman–Crippen LogP) is 7.76. The Hall–Kier alpha value is -1.11. The second-order valence-corrected chi connectivity index (χ2v) is 12.6. The van der Waals surface area contributed by atoms with Crippen molar-refractivity contribution >= 4 is 78.9 Å². The van der Waals surface area contributed by atoms with Crippen molar-refractivity contribution in [2.24, 2.45) is 0 Å². The molecule has 0 saturated carbocycles. The molecule has 2 rings (SSSR count). The van der Waals surface area contributed by atoms with Crippen LogP contribution in [0.2, 0.25) is 0 Å². The maximum absolute atomic E-state index is 12.9. The van der Waals surface area contributed by atoms with E-state index in [9.17, 15) is 22.6 Å². The topological polar surface area (TPSA) is 119 Å². The molecular formula is C34H52KNO7S. The van der Waals surface area contributed by atoms with Crippen molar-refractivity contribution in [3.63, 3.8) is 0 Å². The summed E-state index contributed by atoms with van der Waals surface area (Å²) in [6, 6.07) is 11.6. The summed E-state index contributed by atoms with van der Waals surface area (Å²) in [5.41, 5.74) is 0.385. The fourth-order valence-corrected chi connectivity index (χ4v) is 5.51. The third kappa shape index (κ3) is 17.0. The van der Waals surface area contributed by atoms with E-state index in [1.54, 1.807) is 24.3 Å². The number of unbranched alkanes of at least 4 members (excludes halogenated alkanes) is 15. The van der Waals surface area contributed by atoms with Crippen LogP contribution in [0.3, 0.4) is 0 Å². The van der Waals surface area contributed by atoms with Crippen molar-refractivity contribution in [1.82, 2.24) is 0 Å². The second-order valence-electron chi connectivity index (χ2n) is 11.1. The van der Waals surface area contributed by atoms with Crippen molar-refractivity contribution in [2.75, 3.05) is 19.0 Å². The first kappa shape index (κ1) is 40.9. The van der Waals surface area contributed by atoms with E-state index < -0.39 is 27.9 Å². The molecule has 10 heteroatoms. The first-order chi connectivity index (χ1) is 20.8. The summed E-state index contributed by atoms with van der Waals surface area (Å²) >= 11 is 0. The molecule has 0 aliphatic carbocycles. The first-order valence-electron chi connectivity index (χ1n) is 15.9. The zero-order valence-corrected chi connectivity index (χ0v) is 26.8. The van der Waals surface area contributed by atoms with Crippen LogP contribution in [0, 0.1) is 0 Å². The third-order valence-corrected chi connectivity index (χ3v) is 8.37. The van der Waals surface area contributed by atoms with Gasteiger partial charge in [-0.3, -0.25) is 14.1 Å². The summed E-state index contributed by atoms with van der Waals surface area (Å²) < 4.78 is 42.9. The van der Waals surface area contributed by atoms with Crippen molar-refractivity contribution < 1.29 is 32.0 Å². The summed E-state index contributed by atoms with van der Waals surface area (Å²) in [6.45, 7) is 2.87. The number of anilines is 1. The van der Waals surface area contributed by atoms with E-state index >= 15 is 0 Å². The van der Waals surface area contributed by atoms with Crippen LogP contribution in [-0.4, -0.2) is 95.9 Å². The van der Waals surface area contributed by atoms with E-state index in [1.165, 1.54) is 115 Å². The Bertz CT molecular complexity index is 1190. The number of benzene rings is 2. The molecule has 0 aliphatic rings. The number of carbonyl (C=O) groups is 2. The standard InChI is InChI=1S/C34H51NO7S.K.H/c1-3-4-5-6-7-8-9-10-11-12-13-14-15-16-17-18-26-42-30-24-22-28(23-25-30)32(36)33(41-2)34(37)35-29-20-19-21-31(27-29)43(38,39)40;;/h19-25,27,33H,3-18,26H2,1-2H3,(H,35,37)(H,38,39,40);;. The average Bonchev–Trinajstić information content (AvgIpc) is 2.99. The van der Waals surface area contributed by atoms with Crippen LogP contribution in [0.15, 0.2) is 53.4 Å². The van der Waals surface area contributed by atoms with Crippen molar-refractivity contribution in [2.45, 2.75) is 121 Å². The van der Waals surface area contributed by atoms with Gasteiger partial charge in [-0.15, -0.1) is 0 Å². The number of hydrogen-bond donors (Lipinski definition) is 2. The number of methoxy groups -OCH3 is 1. The van der Waals surface area contributed by atoms with E-state index in [4.69, 9.17) is 9.47 Å². The second kappa shape index (κ2) is 24.1. The molecule has 2 aromatic carbocycles. The average molecular weight is 658 g/mol. The molecule has 0 spiro atoms. The Morgan fingerprint density at radius 2 is 1.27 bits per heavy atom. The minimum absolute atomic E-state index is 0. The summed E-state index contributed by atoms with van der Waals surface area (Å²) in [6.07, 6.45) is 19.7. The molecule has 0 fully saturated rings. The van der Waals surface area contributed by atoms with E-state index in [0.717, 1.165) is 18.9 Å². The number of ketones is 1. The Morgan fingerprint density at radius 1 is 0.773 bits per heavy atom. The molecule has 8 nitrogen and oxygen atoms in total. The normalized spacial score (nSPS) is 11.9. The molecule has 2 aromatic rings. The van der Waals surface area contributed by atoms with Gasteiger partial charge in [0.1, 0.15) is 5.75 Å². The molecule has 0 aliphatic heterocycles. The number of amides is 1. The van der Waals surface area contributed by atoms with Gasteiger partial charge in [0.05, 0.1) is 11.5 Å². The van der Waals surface area contributed by atoms with Gasteiger partial charge in [0.25, 0.3) is 16.0 Å². The number of nitrogens with one attached hydrogen (secondary N) is 1. The van der Waals surface area contributed by atoms with Crippen LogP contribution >= 0.6 is 0 Å². The van der Waals surface area contributed by atoms with Crippen LogP contribution < -0.4 is 10.1 Å². The predicted molar refractivity (Wildman–Crippen MR) is 179 cm³/mol. The SMILES string of the molecule is CCCCCCCCCCCCCCCCCCOc1ccc(C(=O)C(OC)C(=O)Nc2cccc(S(=O)(=O)O)c2)cc1.[KH]. The van der Waals surface area contributed by atoms with E-state index in [0.29, 0.717) is 12.4 Å². The Morgan fingerprint density at radius 3 is 1.75 bits per heavy atom. The van der Waals surface area contributed by atoms with Crippen LogP contribution in [-0.2, 0) is 19.6 Å². The Kier molecular flexibility index (Phi) is 22.4. The summed E-state index contributed by atoms with van der Waals surface area (Å²) in [5.74, 6) is -0.656. The Balaban J connectivity index is 0.00000968. The first-order valence-corrected chi connectivity index (χ1v) is 17.4. The van der Waals surface area contributed by atoms with E-state index in [-0.39, 0.29) is 67.5 Å². The Labute approximate surface area is 307 Å². The van der Waals surface area contributed by atoms with Crippen LogP contribution in [0.4, 0.5) is 5.69 Å². The summed E-state index contributed by atoms with van der Waals surface area (Å²) in [5, 5.41) is 2.46. The molecule has 0 bridgehead atoms. The monoisotopic (exact) mass is 657 g/mol. The third-order valence-electron chi connectivity index (χ3n) is 7.52. The summed E-state index contributed by atoms with van der Waals surface area (Å²) in [4.78, 5) is 25.2. The van der Waals surface area contributed by atoms with Gasteiger partial charge in [-0.25, -0.2) is 0 Å². The van der Waals surface area contributed by atoms with Gasteiger partial charge in [-0.2, -0.15) is 8.42 Å². The van der Waals surface area contributed by atoms with Gasteiger partial charge >= 0.3 is 51.4 Å². The van der Waals surface area contributed by atoms with Gasteiger partial charge in [-0.05, 0) is 48.9 Å². The minimum atomic E-state index is -4.43. The van der Waals surface area contributed by atoms with E-state index in [2.05, 4.69) is 12.2 Å². The van der Waals surface area contributed by atoms with Crippen molar-refractivity contribution in [3.8, 4) is 5.75 Å². The number of carbonyl (C=O) groups excluding carboxylic acids is 2. The molecule has 0 heterocycles. The fourth-order valence-electron chi connectivity index (χ4n) is 4.98. The van der Waals surface area contributed by atoms with Crippen LogP contribution in [0.25, 0.3) is 0 Å². The van der Waals surface area contributed by atoms with Gasteiger partial charge in [0.2, 0.25) is 5.78 Å². The number of rotatable bonds is 24. The maximum atomic E-state index is 12.9. The molecule has 0 aromatic heterocycles. The van der Waals surface area contributed by atoms with Crippen molar-refractivity contribution in [3.05, 3.63) is 54.1 Å². The molecule has 44 heavy (non-hydrogen) atoms. The molecule has 1 atom stereocenters. The molecule has 1 amide bonds.